The van der Waals surface area contributed by atoms with Gasteiger partial charge in [0.1, 0.15) is 0 Å². The monoisotopic (exact) mass is 396 g/mol. The molecule has 0 amide bonds. The smallest absolute Gasteiger partial charge is 0.549 e. The van der Waals surface area contributed by atoms with Gasteiger partial charge in [-0.2, -0.15) is 0 Å². The molecule has 122 valence electrons. The van der Waals surface area contributed by atoms with Gasteiger partial charge in [0.05, 0.1) is 25.0 Å². The van der Waals surface area contributed by atoms with Crippen molar-refractivity contribution < 1.29 is 60.0 Å². The van der Waals surface area contributed by atoms with Gasteiger partial charge in [-0.3, -0.25) is 19.4 Å². The Bertz CT molecular complexity index is 321. The Morgan fingerprint density at radius 1 is 0.714 bits per heavy atom. The van der Waals surface area contributed by atoms with Gasteiger partial charge in [-0.15, -0.1) is 0 Å². The molecular formula is C10H14N2O8Pd. The second-order valence-electron chi connectivity index (χ2n) is 3.95. The number of nitrogens with zero attached hydrogens (tertiary/aromatic N) is 2. The minimum atomic E-state index is -1.51. The average molecular weight is 397 g/mol. The van der Waals surface area contributed by atoms with E-state index in [2.05, 4.69) is 0 Å². The van der Waals surface area contributed by atoms with Crippen LogP contribution in [0, 0.1) is 0 Å². The van der Waals surface area contributed by atoms with Crippen LogP contribution in [0.4, 0.5) is 0 Å². The number of carboxylic acid groups (broad SMARTS) is 4. The minimum Gasteiger partial charge on any atom is -0.549 e. The predicted octanol–water partition coefficient (Wildman–Crippen LogP) is -4.74. The maximum atomic E-state index is 10.5. The van der Waals surface area contributed by atoms with E-state index in [4.69, 9.17) is 10.2 Å². The first-order valence-corrected chi connectivity index (χ1v) is 5.48. The normalized spacial score (nSPS) is 10.2. The molecule has 0 aromatic heterocycles. The molecule has 0 rings (SSSR count). The molecule has 0 saturated carbocycles. The molecule has 2 N–H and O–H groups in total. The van der Waals surface area contributed by atoms with E-state index < -0.39 is 50.1 Å². The third-order valence-corrected chi connectivity index (χ3v) is 2.16. The second-order valence-corrected chi connectivity index (χ2v) is 3.95. The van der Waals surface area contributed by atoms with E-state index in [1.165, 1.54) is 0 Å². The molecular weight excluding hydrogens is 383 g/mol. The Labute approximate surface area is 133 Å². The number of hydrogen-bond donors (Lipinski definition) is 2. The van der Waals surface area contributed by atoms with Gasteiger partial charge >= 0.3 is 32.4 Å². The topological polar surface area (TPSA) is 161 Å². The van der Waals surface area contributed by atoms with E-state index in [1.807, 2.05) is 0 Å². The Morgan fingerprint density at radius 3 is 1.24 bits per heavy atom. The maximum Gasteiger partial charge on any atom is 2.00 e. The summed E-state index contributed by atoms with van der Waals surface area (Å²) in [7, 11) is 0. The number of rotatable bonds is 11. The SMILES string of the molecule is O=C([O-])CN(CCN(CC(=O)O)CC(=O)O)CC(=O)[O-].[Pd+2]. The van der Waals surface area contributed by atoms with E-state index in [0.717, 1.165) is 9.80 Å². The van der Waals surface area contributed by atoms with E-state index >= 15 is 0 Å². The third kappa shape index (κ3) is 13.2. The molecule has 0 aromatic carbocycles. The largest absolute Gasteiger partial charge is 2.00 e. The first-order chi connectivity index (χ1) is 9.20. The average Bonchev–Trinajstić information content (AvgIpc) is 2.22. The summed E-state index contributed by atoms with van der Waals surface area (Å²) in [6.07, 6.45) is 0. The van der Waals surface area contributed by atoms with Crippen LogP contribution >= 0.6 is 0 Å². The summed E-state index contributed by atoms with van der Waals surface area (Å²) in [5.41, 5.74) is 0. The molecule has 0 aromatic rings. The number of carboxylic acids is 4. The molecule has 0 saturated heterocycles. The first kappa shape index (κ1) is 21.8. The molecule has 0 bridgehead atoms. The van der Waals surface area contributed by atoms with E-state index in [0.29, 0.717) is 0 Å². The zero-order valence-electron chi connectivity index (χ0n) is 10.8. The van der Waals surface area contributed by atoms with Gasteiger partial charge in [-0.25, -0.2) is 0 Å². The van der Waals surface area contributed by atoms with Crippen molar-refractivity contribution in [2.75, 3.05) is 39.3 Å². The summed E-state index contributed by atoms with van der Waals surface area (Å²) in [5, 5.41) is 38.0. The van der Waals surface area contributed by atoms with Crippen LogP contribution in [0.3, 0.4) is 0 Å². The van der Waals surface area contributed by atoms with Gasteiger partial charge in [-0.1, -0.05) is 0 Å². The Hall–Kier alpha value is -1.54. The van der Waals surface area contributed by atoms with Crippen molar-refractivity contribution in [3.8, 4) is 0 Å². The van der Waals surface area contributed by atoms with Crippen molar-refractivity contribution in [2.45, 2.75) is 0 Å². The molecule has 0 aliphatic carbocycles. The maximum absolute atomic E-state index is 10.5. The van der Waals surface area contributed by atoms with Crippen molar-refractivity contribution in [1.82, 2.24) is 9.80 Å². The summed E-state index contributed by atoms with van der Waals surface area (Å²) in [5.74, 6) is -5.52. The molecule has 0 radical (unpaired) electrons. The van der Waals surface area contributed by atoms with Crippen molar-refractivity contribution in [1.29, 1.82) is 0 Å². The van der Waals surface area contributed by atoms with Crippen LogP contribution in [-0.2, 0) is 39.6 Å². The summed E-state index contributed by atoms with van der Waals surface area (Å²) in [6.45, 7) is -2.75. The van der Waals surface area contributed by atoms with Crippen molar-refractivity contribution in [2.24, 2.45) is 0 Å². The molecule has 0 heterocycles. The summed E-state index contributed by atoms with van der Waals surface area (Å²) in [6, 6.07) is 0. The van der Waals surface area contributed by atoms with Crippen molar-refractivity contribution in [3.63, 3.8) is 0 Å². The fraction of sp³-hybridized carbons (Fsp3) is 0.600. The summed E-state index contributed by atoms with van der Waals surface area (Å²) in [4.78, 5) is 43.9. The van der Waals surface area contributed by atoms with Gasteiger partial charge in [-0.05, 0) is 0 Å². The Kier molecular flexibility index (Phi) is 11.6. The third-order valence-electron chi connectivity index (χ3n) is 2.16. The van der Waals surface area contributed by atoms with Crippen LogP contribution in [0.1, 0.15) is 0 Å². The van der Waals surface area contributed by atoms with Gasteiger partial charge in [0.25, 0.3) is 0 Å². The van der Waals surface area contributed by atoms with E-state index in [-0.39, 0.29) is 33.5 Å². The van der Waals surface area contributed by atoms with Crippen LogP contribution < -0.4 is 10.2 Å². The molecule has 0 fully saturated rings. The zero-order valence-corrected chi connectivity index (χ0v) is 12.4. The van der Waals surface area contributed by atoms with Crippen LogP contribution in [0.2, 0.25) is 0 Å². The van der Waals surface area contributed by atoms with Crippen LogP contribution in [-0.4, -0.2) is 83.2 Å². The summed E-state index contributed by atoms with van der Waals surface area (Å²) < 4.78 is 0. The van der Waals surface area contributed by atoms with Gasteiger partial charge in [0.15, 0.2) is 0 Å². The molecule has 0 aliphatic rings. The van der Waals surface area contributed by atoms with Crippen molar-refractivity contribution in [3.05, 3.63) is 0 Å². The quantitative estimate of drug-likeness (QED) is 0.324. The molecule has 0 atom stereocenters. The predicted molar refractivity (Wildman–Crippen MR) is 58.2 cm³/mol. The molecule has 0 spiro atoms. The number of hydrogen-bond acceptors (Lipinski definition) is 8. The fourth-order valence-electron chi connectivity index (χ4n) is 1.46. The molecule has 21 heavy (non-hydrogen) atoms. The number of carbonyl (C=O) groups excluding carboxylic acids is 2. The van der Waals surface area contributed by atoms with E-state index in [1.54, 1.807) is 0 Å². The second kappa shape index (κ2) is 11.2. The van der Waals surface area contributed by atoms with E-state index in [9.17, 15) is 29.4 Å². The fourth-order valence-corrected chi connectivity index (χ4v) is 1.46. The molecule has 10 nitrogen and oxygen atoms in total. The number of aliphatic carboxylic acids is 4. The standard InChI is InChI=1S/C10H16N2O8.Pd/c13-7(14)3-11(4-8(15)16)1-2-12(5-9(17)18)6-10(19)20;/h1-6H2,(H,13,14)(H,15,16)(H,17,18)(H,19,20);/q;+2/p-2. The zero-order chi connectivity index (χ0) is 15.7. The molecule has 0 unspecified atom stereocenters. The Morgan fingerprint density at radius 2 is 1.00 bits per heavy atom. The van der Waals surface area contributed by atoms with Gasteiger partial charge < -0.3 is 30.0 Å². The minimum absolute atomic E-state index is 0. The van der Waals surface area contributed by atoms with Crippen LogP contribution in [0.5, 0.6) is 0 Å². The number of carbonyl (C=O) groups is 4. The molecule has 11 heteroatoms. The van der Waals surface area contributed by atoms with Gasteiger partial charge in [0, 0.05) is 26.2 Å². The van der Waals surface area contributed by atoms with Crippen LogP contribution in [0.15, 0.2) is 0 Å². The first-order valence-electron chi connectivity index (χ1n) is 5.48. The molecule has 0 aliphatic heterocycles. The van der Waals surface area contributed by atoms with Crippen LogP contribution in [0.25, 0.3) is 0 Å². The summed E-state index contributed by atoms with van der Waals surface area (Å²) >= 11 is 0. The Balaban J connectivity index is 0. The van der Waals surface area contributed by atoms with Gasteiger partial charge in [0.2, 0.25) is 0 Å². The van der Waals surface area contributed by atoms with Crippen molar-refractivity contribution >= 4 is 23.9 Å².